The van der Waals surface area contributed by atoms with Crippen molar-refractivity contribution < 1.29 is 19.5 Å². The van der Waals surface area contributed by atoms with Crippen LogP contribution in [0.4, 0.5) is 0 Å². The van der Waals surface area contributed by atoms with Gasteiger partial charge in [0.25, 0.3) is 11.8 Å². The first-order valence-electron chi connectivity index (χ1n) is 4.84. The molecule has 6 heteroatoms. The van der Waals surface area contributed by atoms with E-state index in [1.807, 2.05) is 0 Å². The van der Waals surface area contributed by atoms with E-state index in [2.05, 4.69) is 0 Å². The van der Waals surface area contributed by atoms with Gasteiger partial charge in [-0.1, -0.05) is 17.7 Å². The highest BCUT2D eigenvalue weighted by Gasteiger charge is 2.41. The summed E-state index contributed by atoms with van der Waals surface area (Å²) in [6.07, 6.45) is 0. The second-order valence-corrected chi connectivity index (χ2v) is 4.06. The fourth-order valence-electron chi connectivity index (χ4n) is 1.72. The van der Waals surface area contributed by atoms with Crippen molar-refractivity contribution in [1.82, 2.24) is 4.90 Å². The van der Waals surface area contributed by atoms with Crippen molar-refractivity contribution in [3.8, 4) is 0 Å². The maximum atomic E-state index is 11.9. The largest absolute Gasteiger partial charge is 0.480 e. The molecular formula is C11H8ClNO4. The van der Waals surface area contributed by atoms with Crippen LogP contribution in [0, 0.1) is 0 Å². The predicted molar refractivity (Wildman–Crippen MR) is 59.0 cm³/mol. The van der Waals surface area contributed by atoms with Crippen molar-refractivity contribution >= 4 is 29.4 Å². The summed E-state index contributed by atoms with van der Waals surface area (Å²) in [5.41, 5.74) is 0.225. The zero-order valence-electron chi connectivity index (χ0n) is 8.81. The summed E-state index contributed by atoms with van der Waals surface area (Å²) in [6, 6.07) is 3.27. The number of amides is 2. The van der Waals surface area contributed by atoms with Crippen LogP contribution in [0.3, 0.4) is 0 Å². The molecule has 1 aromatic rings. The lowest BCUT2D eigenvalue weighted by Crippen LogP contribution is -2.42. The van der Waals surface area contributed by atoms with Gasteiger partial charge in [0.1, 0.15) is 6.04 Å². The first kappa shape index (κ1) is 11.6. The smallest absolute Gasteiger partial charge is 0.326 e. The molecular weight excluding hydrogens is 246 g/mol. The number of nitrogens with zero attached hydrogens (tertiary/aromatic N) is 1. The second kappa shape index (κ2) is 3.85. The highest BCUT2D eigenvalue weighted by Crippen LogP contribution is 2.30. The Kier molecular flexibility index (Phi) is 2.63. The van der Waals surface area contributed by atoms with Gasteiger partial charge in [0.05, 0.1) is 16.1 Å². The highest BCUT2D eigenvalue weighted by molar-refractivity contribution is 6.37. The SMILES string of the molecule is CC(C(=O)O)N1C(=O)c2cccc(Cl)c2C1=O. The van der Waals surface area contributed by atoms with E-state index in [4.69, 9.17) is 16.7 Å². The van der Waals surface area contributed by atoms with E-state index in [1.165, 1.54) is 19.1 Å². The van der Waals surface area contributed by atoms with Crippen molar-refractivity contribution in [2.75, 3.05) is 0 Å². The molecule has 1 aromatic carbocycles. The number of carboxylic acid groups (broad SMARTS) is 1. The zero-order valence-corrected chi connectivity index (χ0v) is 9.56. The Hall–Kier alpha value is -1.88. The Balaban J connectivity index is 2.53. The average molecular weight is 254 g/mol. The van der Waals surface area contributed by atoms with Gasteiger partial charge in [-0.25, -0.2) is 4.79 Å². The van der Waals surface area contributed by atoms with Gasteiger partial charge in [-0.3, -0.25) is 14.5 Å². The number of carbonyl (C=O) groups excluding carboxylic acids is 2. The fourth-order valence-corrected chi connectivity index (χ4v) is 1.98. The minimum atomic E-state index is -1.24. The van der Waals surface area contributed by atoms with Crippen molar-refractivity contribution in [2.24, 2.45) is 0 Å². The normalized spacial score (nSPS) is 16.0. The molecule has 2 rings (SSSR count). The van der Waals surface area contributed by atoms with E-state index >= 15 is 0 Å². The zero-order chi connectivity index (χ0) is 12.7. The van der Waals surface area contributed by atoms with Gasteiger partial charge in [0, 0.05) is 0 Å². The molecule has 1 N–H and O–H groups in total. The lowest BCUT2D eigenvalue weighted by molar-refractivity contribution is -0.140. The van der Waals surface area contributed by atoms with E-state index < -0.39 is 23.8 Å². The first-order valence-corrected chi connectivity index (χ1v) is 5.22. The third-order valence-corrected chi connectivity index (χ3v) is 2.96. The van der Waals surface area contributed by atoms with E-state index in [9.17, 15) is 14.4 Å². The number of hydrogen-bond donors (Lipinski definition) is 1. The summed E-state index contributed by atoms with van der Waals surface area (Å²) < 4.78 is 0. The van der Waals surface area contributed by atoms with Gasteiger partial charge < -0.3 is 5.11 Å². The van der Waals surface area contributed by atoms with Crippen LogP contribution in [0.15, 0.2) is 18.2 Å². The Labute approximate surface area is 102 Å². The lowest BCUT2D eigenvalue weighted by Gasteiger charge is -2.18. The Morgan fingerprint density at radius 2 is 2.00 bits per heavy atom. The first-order chi connectivity index (χ1) is 7.95. The molecule has 2 amide bonds. The van der Waals surface area contributed by atoms with E-state index in [-0.39, 0.29) is 16.1 Å². The summed E-state index contributed by atoms with van der Waals surface area (Å²) in [4.78, 5) is 35.4. The Morgan fingerprint density at radius 3 is 2.53 bits per heavy atom. The summed E-state index contributed by atoms with van der Waals surface area (Å²) in [5, 5.41) is 9.00. The topological polar surface area (TPSA) is 74.7 Å². The quantitative estimate of drug-likeness (QED) is 0.809. The third kappa shape index (κ3) is 1.59. The van der Waals surface area contributed by atoms with Crippen molar-refractivity contribution in [2.45, 2.75) is 13.0 Å². The van der Waals surface area contributed by atoms with Crippen LogP contribution < -0.4 is 0 Å². The third-order valence-electron chi connectivity index (χ3n) is 2.64. The molecule has 1 atom stereocenters. The van der Waals surface area contributed by atoms with Gasteiger partial charge in [-0.2, -0.15) is 0 Å². The predicted octanol–water partition coefficient (Wildman–Crippen LogP) is 1.41. The molecule has 0 aromatic heterocycles. The van der Waals surface area contributed by atoms with Crippen LogP contribution in [0.25, 0.3) is 0 Å². The van der Waals surface area contributed by atoms with Crippen molar-refractivity contribution in [1.29, 1.82) is 0 Å². The van der Waals surface area contributed by atoms with E-state index in [1.54, 1.807) is 6.07 Å². The molecule has 1 aliphatic rings. The van der Waals surface area contributed by atoms with Crippen LogP contribution >= 0.6 is 11.6 Å². The number of halogens is 1. The average Bonchev–Trinajstić information content (AvgIpc) is 2.52. The summed E-state index contributed by atoms with van der Waals surface area (Å²) in [6.45, 7) is 1.28. The molecule has 0 bridgehead atoms. The molecule has 0 radical (unpaired) electrons. The molecule has 1 unspecified atom stereocenters. The monoisotopic (exact) mass is 253 g/mol. The molecule has 0 spiro atoms. The number of rotatable bonds is 2. The molecule has 5 nitrogen and oxygen atoms in total. The van der Waals surface area contributed by atoms with E-state index in [0.717, 1.165) is 0 Å². The lowest BCUT2D eigenvalue weighted by atomic mass is 10.1. The minimum Gasteiger partial charge on any atom is -0.480 e. The number of carboxylic acids is 1. The van der Waals surface area contributed by atoms with Crippen LogP contribution in [0.2, 0.25) is 5.02 Å². The molecule has 88 valence electrons. The standard InChI is InChI=1S/C11H8ClNO4/c1-5(11(16)17)13-9(14)6-3-2-4-7(12)8(6)10(13)15/h2-5H,1H3,(H,16,17). The molecule has 1 heterocycles. The van der Waals surface area contributed by atoms with Gasteiger partial charge in [0.15, 0.2) is 0 Å². The van der Waals surface area contributed by atoms with Crippen LogP contribution in [-0.4, -0.2) is 33.8 Å². The van der Waals surface area contributed by atoms with Gasteiger partial charge in [0.2, 0.25) is 0 Å². The van der Waals surface area contributed by atoms with Gasteiger partial charge >= 0.3 is 5.97 Å². The number of imide groups is 1. The molecule has 0 aliphatic carbocycles. The highest BCUT2D eigenvalue weighted by atomic mass is 35.5. The second-order valence-electron chi connectivity index (χ2n) is 3.66. The number of aliphatic carboxylic acids is 1. The van der Waals surface area contributed by atoms with Crippen LogP contribution in [0.1, 0.15) is 27.6 Å². The number of hydrogen-bond acceptors (Lipinski definition) is 3. The fraction of sp³-hybridized carbons (Fsp3) is 0.182. The molecule has 1 aliphatic heterocycles. The van der Waals surface area contributed by atoms with Crippen LogP contribution in [-0.2, 0) is 4.79 Å². The summed E-state index contributed by atoms with van der Waals surface area (Å²) >= 11 is 5.83. The van der Waals surface area contributed by atoms with Crippen LogP contribution in [0.5, 0.6) is 0 Å². The Morgan fingerprint density at radius 1 is 1.35 bits per heavy atom. The van der Waals surface area contributed by atoms with Gasteiger partial charge in [-0.05, 0) is 19.1 Å². The molecule has 0 saturated carbocycles. The number of carbonyl (C=O) groups is 3. The maximum Gasteiger partial charge on any atom is 0.326 e. The summed E-state index contributed by atoms with van der Waals surface area (Å²) in [5.74, 6) is -2.52. The molecule has 17 heavy (non-hydrogen) atoms. The van der Waals surface area contributed by atoms with Crippen molar-refractivity contribution in [3.05, 3.63) is 34.3 Å². The number of fused-ring (bicyclic) bond motifs is 1. The van der Waals surface area contributed by atoms with E-state index in [0.29, 0.717) is 4.90 Å². The maximum absolute atomic E-state index is 11.9. The van der Waals surface area contributed by atoms with Crippen molar-refractivity contribution in [3.63, 3.8) is 0 Å². The summed E-state index contributed by atoms with van der Waals surface area (Å²) in [7, 11) is 0. The Bertz CT molecular complexity index is 540. The van der Waals surface area contributed by atoms with Gasteiger partial charge in [-0.15, -0.1) is 0 Å². The minimum absolute atomic E-state index is 0.0762. The molecule has 0 fully saturated rings. The molecule has 0 saturated heterocycles. The number of benzene rings is 1.